The van der Waals surface area contributed by atoms with Gasteiger partial charge in [0.2, 0.25) is 5.91 Å². The van der Waals surface area contributed by atoms with Crippen molar-refractivity contribution >= 4 is 5.91 Å². The largest absolute Gasteiger partial charge is 0.490 e. The van der Waals surface area contributed by atoms with Crippen LogP contribution >= 0.6 is 0 Å². The number of benzene rings is 1. The number of halogens is 1. The third-order valence-electron chi connectivity index (χ3n) is 5.40. The fourth-order valence-corrected chi connectivity index (χ4v) is 3.92. The monoisotopic (exact) mass is 348 g/mol. The minimum absolute atomic E-state index is 0.113. The third-order valence-corrected chi connectivity index (χ3v) is 5.40. The zero-order valence-electron chi connectivity index (χ0n) is 15.1. The van der Waals surface area contributed by atoms with Crippen molar-refractivity contribution in [3.63, 3.8) is 0 Å². The van der Waals surface area contributed by atoms with E-state index in [2.05, 4.69) is 11.9 Å². The minimum Gasteiger partial charge on any atom is -0.490 e. The summed E-state index contributed by atoms with van der Waals surface area (Å²) in [7, 11) is 2.17. The number of nitrogens with zero attached hydrogens (tertiary/aromatic N) is 2. The van der Waals surface area contributed by atoms with Crippen LogP contribution in [0.3, 0.4) is 0 Å². The molecule has 2 aliphatic rings. The maximum absolute atomic E-state index is 12.9. The van der Waals surface area contributed by atoms with E-state index in [-0.39, 0.29) is 17.8 Å². The molecule has 4 nitrogen and oxygen atoms in total. The van der Waals surface area contributed by atoms with Crippen molar-refractivity contribution in [1.29, 1.82) is 0 Å². The molecule has 25 heavy (non-hydrogen) atoms. The highest BCUT2D eigenvalue weighted by atomic mass is 19.1. The van der Waals surface area contributed by atoms with Gasteiger partial charge in [-0.15, -0.1) is 0 Å². The Hall–Kier alpha value is -1.62. The predicted octanol–water partition coefficient (Wildman–Crippen LogP) is 3.32. The van der Waals surface area contributed by atoms with Crippen molar-refractivity contribution in [3.05, 3.63) is 30.1 Å². The van der Waals surface area contributed by atoms with Gasteiger partial charge in [0.05, 0.1) is 0 Å². The van der Waals surface area contributed by atoms with Gasteiger partial charge in [-0.25, -0.2) is 4.39 Å². The van der Waals surface area contributed by atoms with Crippen LogP contribution in [0.2, 0.25) is 0 Å². The van der Waals surface area contributed by atoms with Crippen LogP contribution in [0.5, 0.6) is 5.75 Å². The van der Waals surface area contributed by atoms with Crippen LogP contribution < -0.4 is 4.74 Å². The Morgan fingerprint density at radius 2 is 1.88 bits per heavy atom. The van der Waals surface area contributed by atoms with Gasteiger partial charge >= 0.3 is 0 Å². The van der Waals surface area contributed by atoms with Crippen molar-refractivity contribution in [2.24, 2.45) is 5.92 Å². The highest BCUT2D eigenvalue weighted by Crippen LogP contribution is 2.23. The van der Waals surface area contributed by atoms with Gasteiger partial charge in [-0.05, 0) is 63.0 Å². The summed E-state index contributed by atoms with van der Waals surface area (Å²) in [5, 5.41) is 0. The van der Waals surface area contributed by atoms with Gasteiger partial charge in [-0.3, -0.25) is 4.79 Å². The molecule has 0 bridgehead atoms. The van der Waals surface area contributed by atoms with E-state index >= 15 is 0 Å². The maximum Gasteiger partial charge on any atom is 0.222 e. The van der Waals surface area contributed by atoms with Crippen molar-refractivity contribution in [1.82, 2.24) is 9.80 Å². The SMILES string of the molecule is CN1CCCC(CCC(=O)N2CCC(Oc3ccc(F)cc3)CC2)C1. The van der Waals surface area contributed by atoms with Crippen LogP contribution in [0.25, 0.3) is 0 Å². The molecular weight excluding hydrogens is 319 g/mol. The molecule has 0 radical (unpaired) electrons. The summed E-state index contributed by atoms with van der Waals surface area (Å²) in [6, 6.07) is 6.15. The standard InChI is InChI=1S/C20H29FN2O2/c1-22-12-2-3-16(15-22)4-9-20(24)23-13-10-19(11-14-23)25-18-7-5-17(21)6-8-18/h5-8,16,19H,2-4,9-15H2,1H3. The zero-order valence-corrected chi connectivity index (χ0v) is 15.1. The number of rotatable bonds is 5. The summed E-state index contributed by atoms with van der Waals surface area (Å²) in [6.45, 7) is 3.83. The Morgan fingerprint density at radius 1 is 1.16 bits per heavy atom. The third kappa shape index (κ3) is 5.43. The van der Waals surface area contributed by atoms with Crippen molar-refractivity contribution in [2.45, 2.75) is 44.6 Å². The smallest absolute Gasteiger partial charge is 0.222 e. The van der Waals surface area contributed by atoms with Gasteiger partial charge in [0.15, 0.2) is 0 Å². The summed E-state index contributed by atoms with van der Waals surface area (Å²) in [5.41, 5.74) is 0. The van der Waals surface area contributed by atoms with E-state index in [0.717, 1.165) is 38.9 Å². The van der Waals surface area contributed by atoms with Crippen LogP contribution in [-0.2, 0) is 4.79 Å². The topological polar surface area (TPSA) is 32.8 Å². The average Bonchev–Trinajstić information content (AvgIpc) is 2.62. The van der Waals surface area contributed by atoms with Crippen LogP contribution in [0, 0.1) is 11.7 Å². The molecule has 2 saturated heterocycles. The van der Waals surface area contributed by atoms with Gasteiger partial charge in [0.25, 0.3) is 0 Å². The van der Waals surface area contributed by atoms with E-state index in [1.54, 1.807) is 12.1 Å². The van der Waals surface area contributed by atoms with Crippen LogP contribution in [0.15, 0.2) is 24.3 Å². The van der Waals surface area contributed by atoms with Crippen molar-refractivity contribution in [3.8, 4) is 5.75 Å². The Bertz CT molecular complexity index is 555. The quantitative estimate of drug-likeness (QED) is 0.818. The summed E-state index contributed by atoms with van der Waals surface area (Å²) >= 11 is 0. The van der Waals surface area contributed by atoms with E-state index in [1.165, 1.54) is 31.5 Å². The molecule has 1 unspecified atom stereocenters. The first-order valence-electron chi connectivity index (χ1n) is 9.48. The molecule has 1 aromatic rings. The number of piperidine rings is 2. The summed E-state index contributed by atoms with van der Waals surface area (Å²) in [6.07, 6.45) is 5.98. The molecule has 0 aliphatic carbocycles. The average molecular weight is 348 g/mol. The number of carbonyl (C=O) groups is 1. The number of hydrogen-bond acceptors (Lipinski definition) is 3. The fraction of sp³-hybridized carbons (Fsp3) is 0.650. The molecule has 1 amide bonds. The lowest BCUT2D eigenvalue weighted by Crippen LogP contribution is -2.42. The van der Waals surface area contributed by atoms with Crippen LogP contribution in [0.1, 0.15) is 38.5 Å². The normalized spacial score (nSPS) is 22.8. The highest BCUT2D eigenvalue weighted by Gasteiger charge is 2.25. The van der Waals surface area contributed by atoms with Gasteiger partial charge in [0.1, 0.15) is 17.7 Å². The van der Waals surface area contributed by atoms with E-state index in [0.29, 0.717) is 18.1 Å². The molecule has 0 N–H and O–H groups in total. The van der Waals surface area contributed by atoms with E-state index in [1.807, 2.05) is 4.90 Å². The number of carbonyl (C=O) groups excluding carboxylic acids is 1. The molecule has 2 heterocycles. The van der Waals surface area contributed by atoms with Crippen LogP contribution in [-0.4, -0.2) is 55.0 Å². The molecule has 0 spiro atoms. The molecule has 1 atom stereocenters. The van der Waals surface area contributed by atoms with E-state index in [4.69, 9.17) is 4.74 Å². The van der Waals surface area contributed by atoms with Crippen molar-refractivity contribution < 1.29 is 13.9 Å². The molecule has 1 aromatic carbocycles. The predicted molar refractivity (Wildman–Crippen MR) is 96.1 cm³/mol. The lowest BCUT2D eigenvalue weighted by atomic mass is 9.93. The fourth-order valence-electron chi connectivity index (χ4n) is 3.92. The summed E-state index contributed by atoms with van der Waals surface area (Å²) in [5.74, 6) is 1.40. The second kappa shape index (κ2) is 8.65. The Morgan fingerprint density at radius 3 is 2.56 bits per heavy atom. The summed E-state index contributed by atoms with van der Waals surface area (Å²) < 4.78 is 18.8. The molecule has 138 valence electrons. The molecule has 2 fully saturated rings. The minimum atomic E-state index is -0.253. The first-order valence-corrected chi connectivity index (χ1v) is 9.48. The molecular formula is C20H29FN2O2. The lowest BCUT2D eigenvalue weighted by Gasteiger charge is -2.33. The molecule has 2 aliphatic heterocycles. The van der Waals surface area contributed by atoms with E-state index in [9.17, 15) is 9.18 Å². The molecule has 3 rings (SSSR count). The first-order chi connectivity index (χ1) is 12.1. The number of likely N-dealkylation sites (tertiary alicyclic amines) is 2. The van der Waals surface area contributed by atoms with Crippen molar-refractivity contribution in [2.75, 3.05) is 33.2 Å². The Labute approximate surface area is 149 Å². The number of hydrogen-bond donors (Lipinski definition) is 0. The second-order valence-corrected chi connectivity index (χ2v) is 7.46. The second-order valence-electron chi connectivity index (χ2n) is 7.46. The molecule has 5 heteroatoms. The van der Waals surface area contributed by atoms with Crippen LogP contribution in [0.4, 0.5) is 4.39 Å². The maximum atomic E-state index is 12.9. The zero-order chi connectivity index (χ0) is 17.6. The van der Waals surface area contributed by atoms with Gasteiger partial charge < -0.3 is 14.5 Å². The molecule has 0 saturated carbocycles. The lowest BCUT2D eigenvalue weighted by molar-refractivity contribution is -0.133. The highest BCUT2D eigenvalue weighted by molar-refractivity contribution is 5.76. The van der Waals surface area contributed by atoms with Gasteiger partial charge in [-0.1, -0.05) is 0 Å². The number of ether oxygens (including phenoxy) is 1. The Kier molecular flexibility index (Phi) is 6.29. The number of amides is 1. The summed E-state index contributed by atoms with van der Waals surface area (Å²) in [4.78, 5) is 16.8. The van der Waals surface area contributed by atoms with E-state index < -0.39 is 0 Å². The Balaban J connectivity index is 1.37. The molecule has 0 aromatic heterocycles. The first kappa shape index (κ1) is 18.2. The van der Waals surface area contributed by atoms with Gasteiger partial charge in [0, 0.05) is 38.9 Å². The van der Waals surface area contributed by atoms with Gasteiger partial charge in [-0.2, -0.15) is 0 Å².